The topological polar surface area (TPSA) is 167 Å². The van der Waals surface area contributed by atoms with Gasteiger partial charge in [0.05, 0.1) is 12.4 Å². The molecule has 0 bridgehead atoms. The first-order valence-corrected chi connectivity index (χ1v) is 18.0. The zero-order chi connectivity index (χ0) is 36.6. The first-order valence-electron chi connectivity index (χ1n) is 18.0. The molecule has 278 valence electrons. The normalized spacial score (nSPS) is 19.9. The Kier molecular flexibility index (Phi) is 10.3. The second-order valence-electron chi connectivity index (χ2n) is 14.3. The fraction of sp³-hybridized carbons (Fsp3) is 0.350. The molecule has 0 aliphatic carbocycles. The van der Waals surface area contributed by atoms with Gasteiger partial charge in [0.25, 0.3) is 11.1 Å². The number of imidazole rings is 2. The average Bonchev–Trinajstić information content (AvgIpc) is 3.96. The minimum Gasteiger partial charge on any atom is -0.316 e. The number of aryl methyl sites for hydroxylation is 2. The Morgan fingerprint density at radius 2 is 1.24 bits per heavy atom. The maximum atomic E-state index is 12.8. The van der Waals surface area contributed by atoms with Crippen molar-refractivity contribution in [2.24, 2.45) is 11.8 Å². The van der Waals surface area contributed by atoms with Crippen molar-refractivity contribution in [3.63, 3.8) is 0 Å². The molecule has 2 saturated heterocycles. The molecule has 9 rings (SSSR count). The number of benzene rings is 1. The van der Waals surface area contributed by atoms with E-state index in [0.717, 1.165) is 60.8 Å². The van der Waals surface area contributed by atoms with Crippen LogP contribution in [0.25, 0.3) is 33.8 Å². The molecule has 6 aromatic heterocycles. The lowest BCUT2D eigenvalue weighted by Gasteiger charge is -2.16. The molecule has 0 saturated carbocycles. The van der Waals surface area contributed by atoms with Crippen LogP contribution in [0.5, 0.6) is 0 Å². The summed E-state index contributed by atoms with van der Waals surface area (Å²) in [5, 5.41) is 12.9. The molecule has 0 amide bonds. The molecule has 0 spiro atoms. The highest BCUT2D eigenvalue weighted by atomic mass is 16.1. The molecular formula is C40H46N12O2. The summed E-state index contributed by atoms with van der Waals surface area (Å²) in [6.45, 7) is 12.8. The highest BCUT2D eigenvalue weighted by Gasteiger charge is 2.33. The van der Waals surface area contributed by atoms with E-state index < -0.39 is 0 Å². The van der Waals surface area contributed by atoms with E-state index in [1.54, 1.807) is 46.2 Å². The molecule has 8 heterocycles. The summed E-state index contributed by atoms with van der Waals surface area (Å²) in [5.74, 6) is 3.98. The van der Waals surface area contributed by atoms with Crippen LogP contribution in [0.15, 0.2) is 89.2 Å². The molecular weight excluding hydrogens is 681 g/mol. The molecule has 4 atom stereocenters. The number of hydrogen-bond acceptors (Lipinski definition) is 10. The van der Waals surface area contributed by atoms with Crippen molar-refractivity contribution >= 4 is 11.0 Å². The zero-order valence-corrected chi connectivity index (χ0v) is 30.2. The minimum absolute atomic E-state index is 0. The second kappa shape index (κ2) is 15.2. The first kappa shape index (κ1) is 36.5. The third-order valence-corrected chi connectivity index (χ3v) is 10.5. The van der Waals surface area contributed by atoms with Crippen LogP contribution in [0.2, 0.25) is 0 Å². The highest BCUT2D eigenvalue weighted by molar-refractivity contribution is 5.64. The van der Waals surface area contributed by atoms with Gasteiger partial charge in [0.2, 0.25) is 0 Å². The summed E-state index contributed by atoms with van der Waals surface area (Å²) >= 11 is 0. The molecule has 2 aliphatic rings. The van der Waals surface area contributed by atoms with Crippen molar-refractivity contribution in [1.82, 2.24) is 59.3 Å². The van der Waals surface area contributed by atoms with Gasteiger partial charge in [-0.1, -0.05) is 51.6 Å². The van der Waals surface area contributed by atoms with Crippen molar-refractivity contribution in [3.05, 3.63) is 129 Å². The number of nitrogens with one attached hydrogen (secondary N) is 3. The lowest BCUT2D eigenvalue weighted by atomic mass is 9.97. The molecule has 14 nitrogen and oxygen atoms in total. The number of H-pyrrole nitrogens is 2. The summed E-state index contributed by atoms with van der Waals surface area (Å²) in [4.78, 5) is 50.7. The number of likely N-dealkylation sites (tertiary alicyclic amines) is 1. The third kappa shape index (κ3) is 6.97. The summed E-state index contributed by atoms with van der Waals surface area (Å²) in [7, 11) is 0. The van der Waals surface area contributed by atoms with E-state index in [2.05, 4.69) is 83.3 Å². The SMILES string of the molecule is C.Cc1cnccc1-c1ncc2c(=O)[nH]c(C3CN(Cc4ccccc4)CC3C)nn12.Cc1cnccc1-c1ncc2c(=O)[nH]c(C3CNCC3C)nn12. The highest BCUT2D eigenvalue weighted by Crippen LogP contribution is 2.32. The van der Waals surface area contributed by atoms with Crippen LogP contribution in [0, 0.1) is 25.7 Å². The Morgan fingerprint density at radius 3 is 1.76 bits per heavy atom. The minimum atomic E-state index is -0.154. The fourth-order valence-electron chi connectivity index (χ4n) is 7.55. The van der Waals surface area contributed by atoms with Gasteiger partial charge in [0.1, 0.15) is 11.6 Å². The fourth-order valence-corrected chi connectivity index (χ4v) is 7.55. The number of aromatic amines is 2. The van der Waals surface area contributed by atoms with Gasteiger partial charge < -0.3 is 15.3 Å². The number of nitrogens with zero attached hydrogens (tertiary/aromatic N) is 9. The van der Waals surface area contributed by atoms with Gasteiger partial charge in [-0.05, 0) is 61.1 Å². The van der Waals surface area contributed by atoms with Gasteiger partial charge in [-0.3, -0.25) is 24.5 Å². The van der Waals surface area contributed by atoms with Gasteiger partial charge in [-0.15, -0.1) is 0 Å². The van der Waals surface area contributed by atoms with Crippen LogP contribution in [0.3, 0.4) is 0 Å². The van der Waals surface area contributed by atoms with Gasteiger partial charge in [-0.2, -0.15) is 10.2 Å². The van der Waals surface area contributed by atoms with Crippen LogP contribution in [0.4, 0.5) is 0 Å². The number of aromatic nitrogens is 10. The molecule has 2 fully saturated rings. The van der Waals surface area contributed by atoms with E-state index in [4.69, 9.17) is 5.10 Å². The standard InChI is InChI=1S/C23H24N6O.C16H18N6O.CH4/c1-15-10-24-9-8-18(15)22-25-11-20-23(30)26-21(27-29(20)22)19-14-28(12-16(19)2)13-17-6-4-3-5-7-17;1-9-5-17-4-3-11(9)15-19-8-13-16(23)20-14(21-22(13)15)12-7-18-6-10(12)2;/h3-11,16,19H,12-14H2,1-2H3,(H,26,27,30);3-5,8,10,12,18H,6-7H2,1-2H3,(H,20,21,23);1H4. The Morgan fingerprint density at radius 1 is 0.685 bits per heavy atom. The van der Waals surface area contributed by atoms with Crippen LogP contribution >= 0.6 is 0 Å². The van der Waals surface area contributed by atoms with E-state index in [9.17, 15) is 9.59 Å². The zero-order valence-electron chi connectivity index (χ0n) is 30.2. The molecule has 0 radical (unpaired) electrons. The summed E-state index contributed by atoms with van der Waals surface area (Å²) in [5.41, 5.74) is 5.76. The van der Waals surface area contributed by atoms with Crippen molar-refractivity contribution in [2.75, 3.05) is 26.2 Å². The Bertz CT molecular complexity index is 2520. The Hall–Kier alpha value is -5.86. The van der Waals surface area contributed by atoms with Crippen molar-refractivity contribution in [1.29, 1.82) is 0 Å². The number of fused-ring (bicyclic) bond motifs is 2. The predicted molar refractivity (Wildman–Crippen MR) is 208 cm³/mol. The van der Waals surface area contributed by atoms with Crippen molar-refractivity contribution < 1.29 is 0 Å². The first-order chi connectivity index (χ1) is 25.7. The molecule has 14 heteroatoms. The van der Waals surface area contributed by atoms with E-state index in [0.29, 0.717) is 40.3 Å². The van der Waals surface area contributed by atoms with Gasteiger partial charge >= 0.3 is 0 Å². The van der Waals surface area contributed by atoms with Gasteiger partial charge in [-0.25, -0.2) is 19.0 Å². The summed E-state index contributed by atoms with van der Waals surface area (Å²) in [6.07, 6.45) is 10.2. The third-order valence-electron chi connectivity index (χ3n) is 10.5. The smallest absolute Gasteiger partial charge is 0.276 e. The maximum absolute atomic E-state index is 12.8. The number of pyridine rings is 2. The van der Waals surface area contributed by atoms with E-state index >= 15 is 0 Å². The lowest BCUT2D eigenvalue weighted by Crippen LogP contribution is -2.23. The van der Waals surface area contributed by atoms with Crippen LogP contribution in [0.1, 0.15) is 61.4 Å². The monoisotopic (exact) mass is 726 g/mol. The molecule has 3 N–H and O–H groups in total. The predicted octanol–water partition coefficient (Wildman–Crippen LogP) is 4.77. The largest absolute Gasteiger partial charge is 0.316 e. The number of hydrogen-bond donors (Lipinski definition) is 3. The summed E-state index contributed by atoms with van der Waals surface area (Å²) in [6, 6.07) is 14.3. The molecule has 1 aromatic carbocycles. The van der Waals surface area contributed by atoms with Gasteiger partial charge in [0.15, 0.2) is 22.7 Å². The lowest BCUT2D eigenvalue weighted by molar-refractivity contribution is 0.318. The average molecular weight is 727 g/mol. The summed E-state index contributed by atoms with van der Waals surface area (Å²) < 4.78 is 3.34. The van der Waals surface area contributed by atoms with Gasteiger partial charge in [0, 0.05) is 73.9 Å². The number of rotatable bonds is 6. The van der Waals surface area contributed by atoms with Crippen LogP contribution in [-0.4, -0.2) is 80.2 Å². The van der Waals surface area contributed by atoms with E-state index in [1.807, 2.05) is 32.0 Å². The quantitative estimate of drug-likeness (QED) is 0.217. The Balaban J connectivity index is 0.000000169. The molecule has 7 aromatic rings. The van der Waals surface area contributed by atoms with Crippen LogP contribution in [-0.2, 0) is 6.54 Å². The van der Waals surface area contributed by atoms with E-state index in [-0.39, 0.29) is 30.4 Å². The maximum Gasteiger partial charge on any atom is 0.276 e. The van der Waals surface area contributed by atoms with Crippen molar-refractivity contribution in [2.45, 2.75) is 53.5 Å². The molecule has 4 unspecified atom stereocenters. The molecule has 54 heavy (non-hydrogen) atoms. The Labute approximate surface area is 312 Å². The molecule has 2 aliphatic heterocycles. The van der Waals surface area contributed by atoms with E-state index in [1.165, 1.54) is 5.56 Å². The second-order valence-corrected chi connectivity index (χ2v) is 14.3. The van der Waals surface area contributed by atoms with Crippen LogP contribution < -0.4 is 16.4 Å². The van der Waals surface area contributed by atoms with Crippen molar-refractivity contribution in [3.8, 4) is 22.8 Å².